The number of Topliss-reactive ketones (excluding diaryl/α,β-unsaturated/α-hetero) is 1. The van der Waals surface area contributed by atoms with Gasteiger partial charge in [-0.3, -0.25) is 9.59 Å². The Labute approximate surface area is 240 Å². The maximum Gasteiger partial charge on any atom is 0.294 e. The highest BCUT2D eigenvalue weighted by atomic mass is 16.4. The Morgan fingerprint density at radius 2 is 1.71 bits per heavy atom. The smallest absolute Gasteiger partial charge is 0.294 e. The highest BCUT2D eigenvalue weighted by Gasteiger charge is 2.24. The highest BCUT2D eigenvalue weighted by Crippen LogP contribution is 2.37. The lowest BCUT2D eigenvalue weighted by atomic mass is 9.94. The number of nitrogens with zero attached hydrogens (tertiary/aromatic N) is 4. The molecule has 7 heteroatoms. The van der Waals surface area contributed by atoms with Crippen LogP contribution in [0.25, 0.3) is 39.4 Å². The topological polar surface area (TPSA) is 81.2 Å². The summed E-state index contributed by atoms with van der Waals surface area (Å²) in [5, 5.41) is 0. The number of hydrogen-bond donors (Lipinski definition) is 0. The van der Waals surface area contributed by atoms with Crippen molar-refractivity contribution in [2.45, 2.75) is 57.9 Å². The molecule has 2 aliphatic carbocycles. The summed E-state index contributed by atoms with van der Waals surface area (Å²) in [7, 11) is 3.13. The summed E-state index contributed by atoms with van der Waals surface area (Å²) in [5.41, 5.74) is 5.25. The van der Waals surface area contributed by atoms with E-state index in [1.165, 1.54) is 55.4 Å². The number of carbonyl (C=O) groups excluding carboxylic acids is 2. The van der Waals surface area contributed by atoms with Crippen LogP contribution in [-0.4, -0.2) is 45.2 Å². The van der Waals surface area contributed by atoms with E-state index < -0.39 is 11.7 Å². The zero-order valence-electron chi connectivity index (χ0n) is 24.0. The second-order valence-electron chi connectivity index (χ2n) is 11.4. The molecule has 6 rings (SSSR count). The summed E-state index contributed by atoms with van der Waals surface area (Å²) in [5.74, 6) is 1.76. The molecule has 1 amide bonds. The molecule has 2 saturated carbocycles. The molecule has 0 aliphatic heterocycles. The first-order valence-electron chi connectivity index (χ1n) is 14.6. The van der Waals surface area contributed by atoms with Crippen LogP contribution in [0.1, 0.15) is 74.1 Å². The second kappa shape index (κ2) is 11.3. The Kier molecular flexibility index (Phi) is 7.43. The Balaban J connectivity index is 1.31. The number of imidazole rings is 1. The van der Waals surface area contributed by atoms with E-state index in [-0.39, 0.29) is 0 Å². The summed E-state index contributed by atoms with van der Waals surface area (Å²) in [6.07, 6.45) is 17.2. The molecule has 4 aromatic rings. The maximum absolute atomic E-state index is 12.3. The van der Waals surface area contributed by atoms with Crippen LogP contribution in [0.3, 0.4) is 0 Å². The zero-order chi connectivity index (χ0) is 28.5. The third-order valence-corrected chi connectivity index (χ3v) is 8.15. The van der Waals surface area contributed by atoms with Gasteiger partial charge in [0.2, 0.25) is 11.7 Å². The van der Waals surface area contributed by atoms with E-state index in [0.717, 1.165) is 28.0 Å². The van der Waals surface area contributed by atoms with Crippen LogP contribution in [0.15, 0.2) is 71.3 Å². The van der Waals surface area contributed by atoms with Crippen molar-refractivity contribution < 1.29 is 14.0 Å². The van der Waals surface area contributed by atoms with Crippen LogP contribution < -0.4 is 0 Å². The van der Waals surface area contributed by atoms with Crippen molar-refractivity contribution in [3.63, 3.8) is 0 Å². The average Bonchev–Trinajstić information content (AvgIpc) is 3.56. The molecule has 2 heterocycles. The SMILES string of the molecule is C/C=C(\C=C/C1CC1)c1nc2cc(-c3ncc(-c4ccc(C(=O)C(=O)N(C)C)cc4)o3)ccc2n1C1CCCCC1. The Bertz CT molecular complexity index is 1640. The molecule has 2 aliphatic rings. The van der Waals surface area contributed by atoms with Crippen LogP contribution in [0, 0.1) is 5.92 Å². The highest BCUT2D eigenvalue weighted by molar-refractivity contribution is 6.42. The molecule has 0 N–H and O–H groups in total. The quantitative estimate of drug-likeness (QED) is 0.129. The number of likely N-dealkylation sites (N-methyl/N-ethyl adjacent to an activating group) is 1. The predicted octanol–water partition coefficient (Wildman–Crippen LogP) is 7.50. The molecule has 7 nitrogen and oxygen atoms in total. The fourth-order valence-corrected chi connectivity index (χ4v) is 5.63. The van der Waals surface area contributed by atoms with Gasteiger partial charge < -0.3 is 13.9 Å². The monoisotopic (exact) mass is 548 g/mol. The molecular weight excluding hydrogens is 512 g/mol. The van der Waals surface area contributed by atoms with Crippen LogP contribution >= 0.6 is 0 Å². The summed E-state index contributed by atoms with van der Waals surface area (Å²) in [4.78, 5) is 35.4. The van der Waals surface area contributed by atoms with E-state index in [9.17, 15) is 9.59 Å². The Morgan fingerprint density at radius 1 is 0.976 bits per heavy atom. The van der Waals surface area contributed by atoms with Crippen LogP contribution in [0.5, 0.6) is 0 Å². The van der Waals surface area contributed by atoms with Gasteiger partial charge in [-0.25, -0.2) is 9.97 Å². The van der Waals surface area contributed by atoms with Crippen molar-refractivity contribution in [3.8, 4) is 22.8 Å². The molecule has 41 heavy (non-hydrogen) atoms. The van der Waals surface area contributed by atoms with E-state index in [0.29, 0.717) is 29.2 Å². The first-order valence-corrected chi connectivity index (χ1v) is 14.6. The molecule has 0 saturated heterocycles. The second-order valence-corrected chi connectivity index (χ2v) is 11.4. The Hall–Kier alpha value is -4.26. The van der Waals surface area contributed by atoms with Gasteiger partial charge >= 0.3 is 0 Å². The van der Waals surface area contributed by atoms with Crippen molar-refractivity contribution in [1.29, 1.82) is 0 Å². The molecule has 0 atom stereocenters. The minimum Gasteiger partial charge on any atom is -0.436 e. The van der Waals surface area contributed by atoms with E-state index in [1.807, 2.05) is 0 Å². The van der Waals surface area contributed by atoms with E-state index in [2.05, 4.69) is 52.9 Å². The number of rotatable bonds is 8. The van der Waals surface area contributed by atoms with Crippen molar-refractivity contribution in [3.05, 3.63) is 78.3 Å². The minimum atomic E-state index is -0.551. The third-order valence-electron chi connectivity index (χ3n) is 8.15. The zero-order valence-corrected chi connectivity index (χ0v) is 24.0. The van der Waals surface area contributed by atoms with Crippen molar-refractivity contribution in [2.24, 2.45) is 5.92 Å². The van der Waals surface area contributed by atoms with E-state index in [4.69, 9.17) is 9.40 Å². The molecule has 0 unspecified atom stereocenters. The van der Waals surface area contributed by atoms with Gasteiger partial charge in [-0.15, -0.1) is 0 Å². The van der Waals surface area contributed by atoms with E-state index >= 15 is 0 Å². The van der Waals surface area contributed by atoms with E-state index in [1.54, 1.807) is 44.6 Å². The first kappa shape index (κ1) is 26.9. The third kappa shape index (κ3) is 5.53. The van der Waals surface area contributed by atoms with Gasteiger partial charge in [0.25, 0.3) is 5.91 Å². The number of allylic oxidation sites excluding steroid dienone is 4. The summed E-state index contributed by atoms with van der Waals surface area (Å²) in [6, 6.07) is 13.6. The fourth-order valence-electron chi connectivity index (χ4n) is 5.63. The van der Waals surface area contributed by atoms with Gasteiger partial charge in [0.1, 0.15) is 5.82 Å². The molecule has 210 valence electrons. The van der Waals surface area contributed by atoms with Gasteiger partial charge in [-0.1, -0.05) is 61.8 Å². The van der Waals surface area contributed by atoms with Crippen LogP contribution in [0.2, 0.25) is 0 Å². The predicted molar refractivity (Wildman–Crippen MR) is 161 cm³/mol. The number of fused-ring (bicyclic) bond motifs is 1. The van der Waals surface area contributed by atoms with Gasteiger partial charge in [-0.05, 0) is 56.7 Å². The van der Waals surface area contributed by atoms with Crippen LogP contribution in [-0.2, 0) is 4.79 Å². The number of aromatic nitrogens is 3. The van der Waals surface area contributed by atoms with Gasteiger partial charge in [0, 0.05) is 42.4 Å². The minimum absolute atomic E-state index is 0.342. The van der Waals surface area contributed by atoms with Crippen molar-refractivity contribution >= 4 is 28.3 Å². The maximum atomic E-state index is 12.3. The number of oxazole rings is 1. The molecule has 2 aromatic carbocycles. The van der Waals surface area contributed by atoms with Gasteiger partial charge in [0.15, 0.2) is 5.76 Å². The van der Waals surface area contributed by atoms with Crippen molar-refractivity contribution in [2.75, 3.05) is 14.1 Å². The number of ketones is 1. The summed E-state index contributed by atoms with van der Waals surface area (Å²) in [6.45, 7) is 2.10. The summed E-state index contributed by atoms with van der Waals surface area (Å²) >= 11 is 0. The number of carbonyl (C=O) groups is 2. The van der Waals surface area contributed by atoms with Crippen LogP contribution in [0.4, 0.5) is 0 Å². The molecule has 2 fully saturated rings. The first-order chi connectivity index (χ1) is 19.9. The number of benzene rings is 2. The lowest BCUT2D eigenvalue weighted by Gasteiger charge is -2.26. The fraction of sp³-hybridized carbons (Fsp3) is 0.353. The molecule has 0 spiro atoms. The molecular formula is C34H36N4O3. The normalized spacial score (nSPS) is 16.5. The molecule has 0 bridgehead atoms. The number of hydrogen-bond acceptors (Lipinski definition) is 5. The summed E-state index contributed by atoms with van der Waals surface area (Å²) < 4.78 is 8.62. The molecule has 2 aromatic heterocycles. The molecule has 0 radical (unpaired) electrons. The Morgan fingerprint density at radius 3 is 2.39 bits per heavy atom. The lowest BCUT2D eigenvalue weighted by Crippen LogP contribution is -2.29. The average molecular weight is 549 g/mol. The van der Waals surface area contributed by atoms with Gasteiger partial charge in [0.05, 0.1) is 17.2 Å². The standard InChI is InChI=1S/C34H36N4O3/c1-4-23(13-12-22-10-11-22)32-36-28-20-26(18-19-29(28)38(32)27-8-6-5-7-9-27)33-35-21-30(41-33)24-14-16-25(17-15-24)31(39)34(40)37(2)3/h4,12-22,27H,5-11H2,1-3H3/b13-12-,23-4+. The lowest BCUT2D eigenvalue weighted by molar-refractivity contribution is -0.124. The number of amides is 1. The largest absolute Gasteiger partial charge is 0.436 e. The van der Waals surface area contributed by atoms with Crippen molar-refractivity contribution in [1.82, 2.24) is 19.4 Å². The van der Waals surface area contributed by atoms with Gasteiger partial charge in [-0.2, -0.15) is 0 Å².